The predicted octanol–water partition coefficient (Wildman–Crippen LogP) is 4.59. The Morgan fingerprint density at radius 3 is 2.55 bits per heavy atom. The largest absolute Gasteiger partial charge is 0.353 e. The average Bonchev–Trinajstić information content (AvgIpc) is 2.85. The molecule has 128 valence electrons. The van der Waals surface area contributed by atoms with Gasteiger partial charge in [0.15, 0.2) is 6.29 Å². The Kier molecular flexibility index (Phi) is 6.07. The van der Waals surface area contributed by atoms with Crippen LogP contribution in [0.15, 0.2) is 0 Å². The van der Waals surface area contributed by atoms with Crippen molar-refractivity contribution in [2.24, 2.45) is 23.2 Å². The fourth-order valence-electron chi connectivity index (χ4n) is 4.81. The van der Waals surface area contributed by atoms with Gasteiger partial charge in [-0.1, -0.05) is 20.8 Å². The van der Waals surface area contributed by atoms with E-state index in [1.165, 1.54) is 6.42 Å². The second-order valence-electron chi connectivity index (χ2n) is 7.70. The predicted molar refractivity (Wildman–Crippen MR) is 88.6 cm³/mol. The van der Waals surface area contributed by atoms with E-state index in [-0.39, 0.29) is 23.7 Å². The molecule has 0 aromatic carbocycles. The van der Waals surface area contributed by atoms with E-state index in [4.69, 9.17) is 9.47 Å². The molecule has 1 aliphatic carbocycles. The summed E-state index contributed by atoms with van der Waals surface area (Å²) in [5, 5.41) is 0. The summed E-state index contributed by atoms with van der Waals surface area (Å²) in [6.45, 7) is 11.6. The van der Waals surface area contributed by atoms with Gasteiger partial charge in [-0.3, -0.25) is 4.79 Å². The third kappa shape index (κ3) is 3.56. The SMILES string of the molecule is CCC1(C)C(C(C)=O)CCC1C(C)C(C)OC1CCCCO1. The van der Waals surface area contributed by atoms with Gasteiger partial charge in [0.05, 0.1) is 6.10 Å². The van der Waals surface area contributed by atoms with Gasteiger partial charge in [-0.05, 0) is 69.6 Å². The number of Topliss-reactive ketones (excluding diaryl/α,β-unsaturated/α-hetero) is 1. The third-order valence-electron chi connectivity index (χ3n) is 6.54. The van der Waals surface area contributed by atoms with Gasteiger partial charge in [0.1, 0.15) is 5.78 Å². The van der Waals surface area contributed by atoms with Gasteiger partial charge >= 0.3 is 0 Å². The fourth-order valence-corrected chi connectivity index (χ4v) is 4.81. The van der Waals surface area contributed by atoms with Crippen LogP contribution in [-0.2, 0) is 14.3 Å². The Morgan fingerprint density at radius 2 is 2.00 bits per heavy atom. The van der Waals surface area contributed by atoms with E-state index < -0.39 is 0 Å². The molecule has 0 amide bonds. The summed E-state index contributed by atoms with van der Waals surface area (Å²) < 4.78 is 11.9. The maximum atomic E-state index is 12.0. The first-order valence-corrected chi connectivity index (χ1v) is 9.17. The highest BCUT2D eigenvalue weighted by Gasteiger charge is 2.50. The third-order valence-corrected chi connectivity index (χ3v) is 6.54. The minimum atomic E-state index is -0.0240. The molecule has 1 saturated heterocycles. The van der Waals surface area contributed by atoms with Crippen molar-refractivity contribution in [1.82, 2.24) is 0 Å². The van der Waals surface area contributed by atoms with Crippen LogP contribution in [0.3, 0.4) is 0 Å². The van der Waals surface area contributed by atoms with Crippen molar-refractivity contribution in [1.29, 1.82) is 0 Å². The molecule has 0 spiro atoms. The highest BCUT2D eigenvalue weighted by molar-refractivity contribution is 5.79. The summed E-state index contributed by atoms with van der Waals surface area (Å²) in [5.41, 5.74) is 0.121. The van der Waals surface area contributed by atoms with Gasteiger partial charge in [0, 0.05) is 12.5 Å². The van der Waals surface area contributed by atoms with E-state index in [0.29, 0.717) is 17.6 Å². The number of hydrogen-bond donors (Lipinski definition) is 0. The molecule has 2 fully saturated rings. The van der Waals surface area contributed by atoms with E-state index in [9.17, 15) is 4.79 Å². The van der Waals surface area contributed by atoms with E-state index in [2.05, 4.69) is 27.7 Å². The van der Waals surface area contributed by atoms with Crippen LogP contribution in [0.4, 0.5) is 0 Å². The Bertz CT molecular complexity index is 375. The fraction of sp³-hybridized carbons (Fsp3) is 0.947. The number of carbonyl (C=O) groups excluding carboxylic acids is 1. The van der Waals surface area contributed by atoms with Crippen LogP contribution in [0.25, 0.3) is 0 Å². The number of hydrogen-bond acceptors (Lipinski definition) is 3. The van der Waals surface area contributed by atoms with E-state index in [1.807, 2.05) is 0 Å². The molecule has 6 unspecified atom stereocenters. The van der Waals surface area contributed by atoms with Gasteiger partial charge in [-0.15, -0.1) is 0 Å². The monoisotopic (exact) mass is 310 g/mol. The van der Waals surface area contributed by atoms with E-state index >= 15 is 0 Å². The van der Waals surface area contributed by atoms with Crippen LogP contribution in [-0.4, -0.2) is 24.8 Å². The lowest BCUT2D eigenvalue weighted by molar-refractivity contribution is -0.199. The van der Waals surface area contributed by atoms with Crippen molar-refractivity contribution >= 4 is 5.78 Å². The first-order chi connectivity index (χ1) is 10.4. The van der Waals surface area contributed by atoms with Crippen LogP contribution in [0.5, 0.6) is 0 Å². The standard InChI is InChI=1S/C19H34O3/c1-6-19(5)16(10-11-17(19)14(3)20)13(2)15(4)22-18-9-7-8-12-21-18/h13,15-18H,6-12H2,1-5H3. The van der Waals surface area contributed by atoms with Gasteiger partial charge < -0.3 is 9.47 Å². The molecule has 0 radical (unpaired) electrons. The summed E-state index contributed by atoms with van der Waals surface area (Å²) in [4.78, 5) is 12.0. The summed E-state index contributed by atoms with van der Waals surface area (Å²) >= 11 is 0. The zero-order valence-corrected chi connectivity index (χ0v) is 15.1. The Morgan fingerprint density at radius 1 is 1.27 bits per heavy atom. The lowest BCUT2D eigenvalue weighted by Gasteiger charge is -2.41. The summed E-state index contributed by atoms with van der Waals surface area (Å²) in [5.74, 6) is 1.61. The highest BCUT2D eigenvalue weighted by atomic mass is 16.7. The zero-order valence-electron chi connectivity index (χ0n) is 15.1. The summed E-state index contributed by atoms with van der Waals surface area (Å²) in [6, 6.07) is 0. The van der Waals surface area contributed by atoms with Crippen molar-refractivity contribution in [2.75, 3.05) is 6.61 Å². The van der Waals surface area contributed by atoms with Crippen LogP contribution >= 0.6 is 0 Å². The molecule has 1 aliphatic heterocycles. The Balaban J connectivity index is 2.01. The van der Waals surface area contributed by atoms with Crippen molar-refractivity contribution in [2.45, 2.75) is 85.5 Å². The number of carbonyl (C=O) groups is 1. The summed E-state index contributed by atoms with van der Waals surface area (Å²) in [6.07, 6.45) is 6.79. The first kappa shape index (κ1) is 17.9. The Hall–Kier alpha value is -0.410. The van der Waals surface area contributed by atoms with Gasteiger partial charge in [-0.25, -0.2) is 0 Å². The molecule has 0 N–H and O–H groups in total. The van der Waals surface area contributed by atoms with Crippen molar-refractivity contribution in [3.05, 3.63) is 0 Å². The van der Waals surface area contributed by atoms with Crippen LogP contribution in [0, 0.1) is 23.2 Å². The normalized spacial score (nSPS) is 38.7. The van der Waals surface area contributed by atoms with Crippen LogP contribution < -0.4 is 0 Å². The minimum absolute atomic E-state index is 0.0240. The van der Waals surface area contributed by atoms with Gasteiger partial charge in [0.2, 0.25) is 0 Å². The molecule has 0 bridgehead atoms. The molecule has 22 heavy (non-hydrogen) atoms. The molecule has 6 atom stereocenters. The first-order valence-electron chi connectivity index (χ1n) is 9.17. The van der Waals surface area contributed by atoms with Crippen molar-refractivity contribution in [3.63, 3.8) is 0 Å². The van der Waals surface area contributed by atoms with E-state index in [0.717, 1.165) is 38.7 Å². The molecule has 3 heteroatoms. The van der Waals surface area contributed by atoms with Crippen molar-refractivity contribution < 1.29 is 14.3 Å². The molecule has 3 nitrogen and oxygen atoms in total. The molecule has 2 rings (SSSR count). The van der Waals surface area contributed by atoms with Crippen LogP contribution in [0.2, 0.25) is 0 Å². The molecular formula is C19H34O3. The maximum absolute atomic E-state index is 12.0. The smallest absolute Gasteiger partial charge is 0.157 e. The molecular weight excluding hydrogens is 276 g/mol. The highest BCUT2D eigenvalue weighted by Crippen LogP contribution is 2.54. The molecule has 2 aliphatic rings. The number of ether oxygens (including phenoxy) is 2. The zero-order chi connectivity index (χ0) is 16.3. The van der Waals surface area contributed by atoms with Gasteiger partial charge in [-0.2, -0.15) is 0 Å². The molecule has 1 saturated carbocycles. The second-order valence-corrected chi connectivity index (χ2v) is 7.70. The van der Waals surface area contributed by atoms with Crippen molar-refractivity contribution in [3.8, 4) is 0 Å². The van der Waals surface area contributed by atoms with Gasteiger partial charge in [0.25, 0.3) is 0 Å². The summed E-state index contributed by atoms with van der Waals surface area (Å²) in [7, 11) is 0. The lowest BCUT2D eigenvalue weighted by atomic mass is 9.66. The second kappa shape index (κ2) is 7.44. The lowest BCUT2D eigenvalue weighted by Crippen LogP contribution is -2.40. The topological polar surface area (TPSA) is 35.5 Å². The van der Waals surface area contributed by atoms with E-state index in [1.54, 1.807) is 6.92 Å². The quantitative estimate of drug-likeness (QED) is 0.720. The minimum Gasteiger partial charge on any atom is -0.353 e. The Labute approximate surface area is 136 Å². The molecule has 1 heterocycles. The average molecular weight is 310 g/mol. The maximum Gasteiger partial charge on any atom is 0.157 e. The molecule has 0 aromatic heterocycles. The van der Waals surface area contributed by atoms with Crippen LogP contribution in [0.1, 0.15) is 73.1 Å². The number of rotatable bonds is 6. The molecule has 0 aromatic rings. The number of ketones is 1.